The number of nitrogens with one attached hydrogen (secondary N) is 1. The molecule has 0 fully saturated rings. The number of aromatic nitrogens is 2. The van der Waals surface area contributed by atoms with Gasteiger partial charge < -0.3 is 10.2 Å². The van der Waals surface area contributed by atoms with E-state index < -0.39 is 0 Å². The molecule has 1 N–H and O–H groups in total. The van der Waals surface area contributed by atoms with E-state index in [2.05, 4.69) is 35.4 Å². The lowest BCUT2D eigenvalue weighted by molar-refractivity contribution is 0.0786. The average Bonchev–Trinajstić information content (AvgIpc) is 2.60. The Hall–Kier alpha value is -2.43. The zero-order valence-corrected chi connectivity index (χ0v) is 14.0. The summed E-state index contributed by atoms with van der Waals surface area (Å²) >= 11 is 0. The van der Waals surface area contributed by atoms with Gasteiger partial charge in [0.05, 0.1) is 0 Å². The number of nitrogens with zero attached hydrogens (tertiary/aromatic N) is 3. The van der Waals surface area contributed by atoms with E-state index >= 15 is 0 Å². The predicted molar refractivity (Wildman–Crippen MR) is 93.0 cm³/mol. The molecule has 2 aromatic rings. The van der Waals surface area contributed by atoms with Crippen LogP contribution in [0.4, 0.5) is 11.5 Å². The Morgan fingerprint density at radius 2 is 1.91 bits per heavy atom. The van der Waals surface area contributed by atoms with E-state index in [0.29, 0.717) is 11.5 Å². The monoisotopic (exact) mass is 312 g/mol. The number of carbonyl (C=O) groups excluding carboxylic acids is 1. The summed E-state index contributed by atoms with van der Waals surface area (Å²) in [6, 6.07) is 11.6. The molecule has 1 amide bonds. The number of unbranched alkanes of at least 4 members (excludes halogenated alkanes) is 1. The van der Waals surface area contributed by atoms with Crippen molar-refractivity contribution in [3.05, 3.63) is 47.7 Å². The van der Waals surface area contributed by atoms with Crippen LogP contribution in [0.3, 0.4) is 0 Å². The molecule has 1 heterocycles. The molecular weight excluding hydrogens is 288 g/mol. The quantitative estimate of drug-likeness (QED) is 0.847. The molecule has 122 valence electrons. The maximum absolute atomic E-state index is 12.2. The fourth-order valence-corrected chi connectivity index (χ4v) is 2.29. The molecule has 5 heteroatoms. The number of rotatable bonds is 7. The lowest BCUT2D eigenvalue weighted by Crippen LogP contribution is -2.28. The summed E-state index contributed by atoms with van der Waals surface area (Å²) in [7, 11) is 1.79. The summed E-state index contributed by atoms with van der Waals surface area (Å²) in [6.07, 6.45) is 2.99. The molecule has 1 aromatic heterocycles. The summed E-state index contributed by atoms with van der Waals surface area (Å²) in [5.41, 5.74) is 2.61. The minimum Gasteiger partial charge on any atom is -0.340 e. The molecule has 0 aliphatic rings. The lowest BCUT2D eigenvalue weighted by atomic mass is 10.1. The van der Waals surface area contributed by atoms with Gasteiger partial charge in [-0.2, -0.15) is 0 Å². The van der Waals surface area contributed by atoms with E-state index in [4.69, 9.17) is 0 Å². The van der Waals surface area contributed by atoms with Gasteiger partial charge in [0.15, 0.2) is 11.5 Å². The molecule has 0 spiro atoms. The molecule has 0 saturated heterocycles. The minimum absolute atomic E-state index is 0.0912. The van der Waals surface area contributed by atoms with Gasteiger partial charge in [0.2, 0.25) is 0 Å². The zero-order chi connectivity index (χ0) is 16.7. The largest absolute Gasteiger partial charge is 0.340 e. The highest BCUT2D eigenvalue weighted by molar-refractivity contribution is 5.92. The maximum Gasteiger partial charge on any atom is 0.274 e. The first-order valence-corrected chi connectivity index (χ1v) is 8.09. The Morgan fingerprint density at radius 1 is 1.13 bits per heavy atom. The standard InChI is InChI=1S/C18H24N4O/c1-4-6-13-22(3)18(23)16-11-12-17(21-20-16)19-15-10-8-7-9-14(15)5-2/h7-12H,4-6,13H2,1-3H3,(H,19,21). The van der Waals surface area contributed by atoms with Crippen LogP contribution >= 0.6 is 0 Å². The Bertz CT molecular complexity index is 640. The van der Waals surface area contributed by atoms with Gasteiger partial charge in [-0.25, -0.2) is 0 Å². The van der Waals surface area contributed by atoms with Gasteiger partial charge in [-0.05, 0) is 36.6 Å². The molecule has 0 saturated carbocycles. The Labute approximate surface area is 137 Å². The van der Waals surface area contributed by atoms with Gasteiger partial charge in [-0.3, -0.25) is 4.79 Å². The van der Waals surface area contributed by atoms with Crippen molar-refractivity contribution in [3.8, 4) is 0 Å². The Kier molecular flexibility index (Phi) is 6.09. The number of aryl methyl sites for hydroxylation is 1. The van der Waals surface area contributed by atoms with Gasteiger partial charge in [0.25, 0.3) is 5.91 Å². The molecule has 5 nitrogen and oxygen atoms in total. The summed E-state index contributed by atoms with van der Waals surface area (Å²) < 4.78 is 0. The third kappa shape index (κ3) is 4.52. The third-order valence-corrected chi connectivity index (χ3v) is 3.74. The van der Waals surface area contributed by atoms with Crippen molar-refractivity contribution < 1.29 is 4.79 Å². The first-order chi connectivity index (χ1) is 11.2. The van der Waals surface area contributed by atoms with E-state index in [1.165, 1.54) is 5.56 Å². The molecule has 0 unspecified atom stereocenters. The highest BCUT2D eigenvalue weighted by Crippen LogP contribution is 2.19. The van der Waals surface area contributed by atoms with Crippen molar-refractivity contribution in [1.82, 2.24) is 15.1 Å². The molecule has 0 atom stereocenters. The summed E-state index contributed by atoms with van der Waals surface area (Å²) in [5, 5.41) is 11.4. The molecule has 0 aliphatic carbocycles. The van der Waals surface area contributed by atoms with Crippen LogP contribution in [0.2, 0.25) is 0 Å². The van der Waals surface area contributed by atoms with E-state index in [9.17, 15) is 4.79 Å². The lowest BCUT2D eigenvalue weighted by Gasteiger charge is -2.16. The summed E-state index contributed by atoms with van der Waals surface area (Å²) in [6.45, 7) is 4.95. The van der Waals surface area contributed by atoms with Crippen molar-refractivity contribution >= 4 is 17.4 Å². The van der Waals surface area contributed by atoms with Crippen LogP contribution in [0, 0.1) is 0 Å². The number of hydrogen-bond donors (Lipinski definition) is 1. The number of carbonyl (C=O) groups is 1. The van der Waals surface area contributed by atoms with Gasteiger partial charge >= 0.3 is 0 Å². The van der Waals surface area contributed by atoms with Crippen molar-refractivity contribution in [2.45, 2.75) is 33.1 Å². The highest BCUT2D eigenvalue weighted by atomic mass is 16.2. The van der Waals surface area contributed by atoms with Crippen LogP contribution in [-0.2, 0) is 6.42 Å². The van der Waals surface area contributed by atoms with Crippen LogP contribution in [0.1, 0.15) is 42.7 Å². The van der Waals surface area contributed by atoms with E-state index in [-0.39, 0.29) is 5.91 Å². The van der Waals surface area contributed by atoms with Gasteiger partial charge in [-0.1, -0.05) is 38.5 Å². The molecule has 0 radical (unpaired) electrons. The molecule has 23 heavy (non-hydrogen) atoms. The number of para-hydroxylation sites is 1. The van der Waals surface area contributed by atoms with Crippen molar-refractivity contribution in [1.29, 1.82) is 0 Å². The summed E-state index contributed by atoms with van der Waals surface area (Å²) in [4.78, 5) is 13.9. The molecule has 2 rings (SSSR count). The topological polar surface area (TPSA) is 58.1 Å². The van der Waals surface area contributed by atoms with Crippen LogP contribution < -0.4 is 5.32 Å². The van der Waals surface area contributed by atoms with Crippen molar-refractivity contribution in [2.24, 2.45) is 0 Å². The van der Waals surface area contributed by atoms with Crippen molar-refractivity contribution in [3.63, 3.8) is 0 Å². The SMILES string of the molecule is CCCCN(C)C(=O)c1ccc(Nc2ccccc2CC)nn1. The number of amides is 1. The highest BCUT2D eigenvalue weighted by Gasteiger charge is 2.13. The maximum atomic E-state index is 12.2. The molecule has 0 bridgehead atoms. The normalized spacial score (nSPS) is 10.4. The third-order valence-electron chi connectivity index (χ3n) is 3.74. The molecule has 0 aliphatic heterocycles. The first-order valence-electron chi connectivity index (χ1n) is 8.09. The zero-order valence-electron chi connectivity index (χ0n) is 14.0. The van der Waals surface area contributed by atoms with E-state index in [0.717, 1.165) is 31.5 Å². The molecule has 1 aromatic carbocycles. The fraction of sp³-hybridized carbons (Fsp3) is 0.389. The number of benzene rings is 1. The van der Waals surface area contributed by atoms with Gasteiger partial charge in [0.1, 0.15) is 0 Å². The Balaban J connectivity index is 2.06. The Morgan fingerprint density at radius 3 is 2.57 bits per heavy atom. The minimum atomic E-state index is -0.0912. The van der Waals surface area contributed by atoms with E-state index in [1.54, 1.807) is 24.1 Å². The predicted octanol–water partition coefficient (Wildman–Crippen LogP) is 3.65. The second-order valence-corrected chi connectivity index (χ2v) is 5.52. The van der Waals surface area contributed by atoms with Crippen LogP contribution in [-0.4, -0.2) is 34.6 Å². The van der Waals surface area contributed by atoms with Crippen LogP contribution in [0.15, 0.2) is 36.4 Å². The van der Waals surface area contributed by atoms with Gasteiger partial charge in [0, 0.05) is 19.3 Å². The second kappa shape index (κ2) is 8.27. The summed E-state index contributed by atoms with van der Waals surface area (Å²) in [5.74, 6) is 0.546. The smallest absolute Gasteiger partial charge is 0.274 e. The van der Waals surface area contributed by atoms with Crippen LogP contribution in [0.5, 0.6) is 0 Å². The average molecular weight is 312 g/mol. The second-order valence-electron chi connectivity index (χ2n) is 5.52. The van der Waals surface area contributed by atoms with E-state index in [1.807, 2.05) is 18.2 Å². The fourth-order valence-electron chi connectivity index (χ4n) is 2.29. The number of hydrogen-bond acceptors (Lipinski definition) is 4. The van der Waals surface area contributed by atoms with Crippen molar-refractivity contribution in [2.75, 3.05) is 18.9 Å². The first kappa shape index (κ1) is 16.9. The van der Waals surface area contributed by atoms with Gasteiger partial charge in [-0.15, -0.1) is 10.2 Å². The van der Waals surface area contributed by atoms with Crippen LogP contribution in [0.25, 0.3) is 0 Å². The molecular formula is C18H24N4O. The number of anilines is 2.